The molecule has 11 nitrogen and oxygen atoms in total. The van der Waals surface area contributed by atoms with E-state index in [1.807, 2.05) is 0 Å². The van der Waals surface area contributed by atoms with E-state index in [4.69, 9.17) is 19.9 Å². The van der Waals surface area contributed by atoms with Crippen molar-refractivity contribution < 1.29 is 28.2 Å². The van der Waals surface area contributed by atoms with Crippen molar-refractivity contribution in [3.05, 3.63) is 16.7 Å². The number of nitrogens with two attached hydrogens (primary N) is 1. The summed E-state index contributed by atoms with van der Waals surface area (Å²) in [6.07, 6.45) is -3.17. The third-order valence-electron chi connectivity index (χ3n) is 4.83. The maximum absolute atomic E-state index is 14.9. The summed E-state index contributed by atoms with van der Waals surface area (Å²) >= 11 is 0. The van der Waals surface area contributed by atoms with Crippen LogP contribution in [0, 0.1) is 5.92 Å². The monoisotopic (exact) mass is 409 g/mol. The molecule has 0 radical (unpaired) electrons. The minimum absolute atomic E-state index is 0.0924. The van der Waals surface area contributed by atoms with E-state index in [0.29, 0.717) is 18.0 Å². The Hall–Kier alpha value is -3.02. The zero-order valence-electron chi connectivity index (χ0n) is 15.8. The molecule has 0 unspecified atom stereocenters. The van der Waals surface area contributed by atoms with Crippen molar-refractivity contribution in [2.75, 3.05) is 5.73 Å². The van der Waals surface area contributed by atoms with Crippen LogP contribution in [0.15, 0.2) is 11.0 Å². The summed E-state index contributed by atoms with van der Waals surface area (Å²) in [6, 6.07) is 0. The van der Waals surface area contributed by atoms with Crippen LogP contribution in [0.3, 0.4) is 0 Å². The SMILES string of the molecule is CC(=O)O[C@H]1O[C@@H](n2c(=O)n(CC3CC3)c3cnc(N)nc32)[C@H](OC(C)=O)[C@H]1F. The summed E-state index contributed by atoms with van der Waals surface area (Å²) in [7, 11) is 0. The molecule has 0 amide bonds. The number of esters is 2. The maximum atomic E-state index is 14.9. The molecule has 0 aromatic carbocycles. The number of hydrogen-bond acceptors (Lipinski definition) is 9. The van der Waals surface area contributed by atoms with E-state index in [-0.39, 0.29) is 11.6 Å². The summed E-state index contributed by atoms with van der Waals surface area (Å²) in [5, 5.41) is 0. The summed E-state index contributed by atoms with van der Waals surface area (Å²) in [6.45, 7) is 2.63. The molecule has 1 saturated heterocycles. The molecule has 2 N–H and O–H groups in total. The topological polar surface area (TPSA) is 141 Å². The Bertz CT molecular complexity index is 1030. The van der Waals surface area contributed by atoms with Gasteiger partial charge in [-0.1, -0.05) is 0 Å². The number of fused-ring (bicyclic) bond motifs is 1. The average molecular weight is 409 g/mol. The first-order valence-electron chi connectivity index (χ1n) is 9.13. The van der Waals surface area contributed by atoms with Gasteiger partial charge in [0.2, 0.25) is 18.4 Å². The van der Waals surface area contributed by atoms with Gasteiger partial charge in [-0.25, -0.2) is 18.7 Å². The third-order valence-corrected chi connectivity index (χ3v) is 4.83. The van der Waals surface area contributed by atoms with Gasteiger partial charge < -0.3 is 19.9 Å². The van der Waals surface area contributed by atoms with E-state index in [9.17, 15) is 18.8 Å². The van der Waals surface area contributed by atoms with Crippen molar-refractivity contribution in [3.8, 4) is 0 Å². The number of carbonyl (C=O) groups excluding carboxylic acids is 2. The van der Waals surface area contributed by atoms with Gasteiger partial charge in [-0.3, -0.25) is 14.2 Å². The number of hydrogen-bond donors (Lipinski definition) is 1. The standard InChI is InChI=1S/C17H20FN5O6/c1-7(24)27-12-11(18)15(28-8(2)25)29-14(12)23-13-10(5-20-16(19)21-13)22(17(23)26)6-9-3-4-9/h5,9,11-12,14-15H,3-4,6H2,1-2H3,(H2,19,20,21)/t11-,12-,14-,15+/m1/s1. The number of rotatable bonds is 5. The van der Waals surface area contributed by atoms with E-state index >= 15 is 0 Å². The van der Waals surface area contributed by atoms with Crippen LogP contribution in [-0.2, 0) is 30.3 Å². The molecular weight excluding hydrogens is 389 g/mol. The second-order valence-corrected chi connectivity index (χ2v) is 7.17. The quantitative estimate of drug-likeness (QED) is 0.689. The molecule has 4 rings (SSSR count). The molecule has 1 aliphatic carbocycles. The molecular formula is C17H20FN5O6. The molecule has 156 valence electrons. The lowest BCUT2D eigenvalue weighted by atomic mass is 10.2. The highest BCUT2D eigenvalue weighted by molar-refractivity contribution is 5.72. The van der Waals surface area contributed by atoms with Crippen molar-refractivity contribution in [2.24, 2.45) is 5.92 Å². The molecule has 2 aliphatic rings. The zero-order chi connectivity index (χ0) is 20.9. The Kier molecular flexibility index (Phi) is 4.73. The normalized spacial score (nSPS) is 26.6. The van der Waals surface area contributed by atoms with E-state index in [1.165, 1.54) is 10.8 Å². The van der Waals surface area contributed by atoms with Gasteiger partial charge in [-0.2, -0.15) is 4.98 Å². The van der Waals surface area contributed by atoms with Crippen LogP contribution in [0.1, 0.15) is 32.9 Å². The van der Waals surface area contributed by atoms with E-state index in [2.05, 4.69) is 9.97 Å². The fraction of sp³-hybridized carbons (Fsp3) is 0.588. The summed E-state index contributed by atoms with van der Waals surface area (Å²) in [4.78, 5) is 44.0. The van der Waals surface area contributed by atoms with Gasteiger partial charge in [0, 0.05) is 20.4 Å². The summed E-state index contributed by atoms with van der Waals surface area (Å²) < 4.78 is 32.8. The molecule has 4 atom stereocenters. The third kappa shape index (κ3) is 3.55. The van der Waals surface area contributed by atoms with Crippen molar-refractivity contribution in [2.45, 2.75) is 58.0 Å². The fourth-order valence-electron chi connectivity index (χ4n) is 3.42. The number of alkyl halides is 1. The first-order chi connectivity index (χ1) is 13.8. The number of carbonyl (C=O) groups is 2. The van der Waals surface area contributed by atoms with Crippen molar-refractivity contribution in [1.82, 2.24) is 19.1 Å². The Morgan fingerprint density at radius 1 is 1.31 bits per heavy atom. The number of ether oxygens (including phenoxy) is 3. The molecule has 2 aromatic rings. The maximum Gasteiger partial charge on any atom is 0.332 e. The second-order valence-electron chi connectivity index (χ2n) is 7.17. The van der Waals surface area contributed by atoms with Crippen LogP contribution in [0.4, 0.5) is 10.3 Å². The molecule has 2 aromatic heterocycles. The number of nitrogen functional groups attached to an aromatic ring is 1. The molecule has 2 fully saturated rings. The van der Waals surface area contributed by atoms with Crippen molar-refractivity contribution in [3.63, 3.8) is 0 Å². The van der Waals surface area contributed by atoms with Crippen LogP contribution in [-0.4, -0.2) is 49.6 Å². The predicted octanol–water partition coefficient (Wildman–Crippen LogP) is 0.273. The fourth-order valence-corrected chi connectivity index (χ4v) is 3.42. The van der Waals surface area contributed by atoms with Gasteiger partial charge in [-0.15, -0.1) is 0 Å². The number of aromatic nitrogens is 4. The number of imidazole rings is 1. The van der Waals surface area contributed by atoms with Crippen molar-refractivity contribution >= 4 is 29.1 Å². The van der Waals surface area contributed by atoms with Gasteiger partial charge in [0.25, 0.3) is 0 Å². The Labute approximate surface area is 163 Å². The molecule has 29 heavy (non-hydrogen) atoms. The first-order valence-corrected chi connectivity index (χ1v) is 9.13. The lowest BCUT2D eigenvalue weighted by Crippen LogP contribution is -2.37. The van der Waals surface area contributed by atoms with E-state index in [0.717, 1.165) is 31.3 Å². The molecule has 12 heteroatoms. The summed E-state index contributed by atoms with van der Waals surface area (Å²) in [5.74, 6) is -1.31. The first kappa shape index (κ1) is 19.3. The Balaban J connectivity index is 1.83. The van der Waals surface area contributed by atoms with Gasteiger partial charge >= 0.3 is 17.6 Å². The van der Waals surface area contributed by atoms with Crippen LogP contribution < -0.4 is 11.4 Å². The predicted molar refractivity (Wildman–Crippen MR) is 95.1 cm³/mol. The van der Waals surface area contributed by atoms with Crippen LogP contribution in [0.25, 0.3) is 11.2 Å². The van der Waals surface area contributed by atoms with Gasteiger partial charge in [0.15, 0.2) is 18.0 Å². The molecule has 1 saturated carbocycles. The molecule has 0 bridgehead atoms. The Morgan fingerprint density at radius 3 is 2.62 bits per heavy atom. The van der Waals surface area contributed by atoms with Gasteiger partial charge in [0.05, 0.1) is 6.20 Å². The lowest BCUT2D eigenvalue weighted by Gasteiger charge is -2.19. The average Bonchev–Trinajstić information content (AvgIpc) is 3.36. The minimum atomic E-state index is -2.00. The summed E-state index contributed by atoms with van der Waals surface area (Å²) in [5.41, 5.74) is 5.65. The lowest BCUT2D eigenvalue weighted by molar-refractivity contribution is -0.186. The van der Waals surface area contributed by atoms with E-state index in [1.54, 1.807) is 0 Å². The van der Waals surface area contributed by atoms with Crippen LogP contribution in [0.2, 0.25) is 0 Å². The van der Waals surface area contributed by atoms with Crippen molar-refractivity contribution in [1.29, 1.82) is 0 Å². The van der Waals surface area contributed by atoms with E-state index < -0.39 is 42.4 Å². The Morgan fingerprint density at radius 2 is 2.00 bits per heavy atom. The van der Waals surface area contributed by atoms with Gasteiger partial charge in [0.1, 0.15) is 5.52 Å². The molecule has 3 heterocycles. The number of halogens is 1. The minimum Gasteiger partial charge on any atom is -0.454 e. The highest BCUT2D eigenvalue weighted by atomic mass is 19.1. The smallest absolute Gasteiger partial charge is 0.332 e. The van der Waals surface area contributed by atoms with Crippen LogP contribution in [0.5, 0.6) is 0 Å². The number of nitrogens with zero attached hydrogens (tertiary/aromatic N) is 4. The highest BCUT2D eigenvalue weighted by Gasteiger charge is 2.51. The van der Waals surface area contributed by atoms with Gasteiger partial charge in [-0.05, 0) is 18.8 Å². The second kappa shape index (κ2) is 7.10. The largest absolute Gasteiger partial charge is 0.454 e. The highest BCUT2D eigenvalue weighted by Crippen LogP contribution is 2.36. The molecule has 0 spiro atoms. The zero-order valence-corrected chi connectivity index (χ0v) is 15.8. The van der Waals surface area contributed by atoms with Crippen LogP contribution >= 0.6 is 0 Å². The number of anilines is 1. The molecule has 1 aliphatic heterocycles.